The number of likely N-dealkylation sites (N-methyl/N-ethyl adjacent to an activating group) is 1. The van der Waals surface area contributed by atoms with E-state index in [0.29, 0.717) is 132 Å². The number of ether oxygens (including phenoxy) is 9. The van der Waals surface area contributed by atoms with Gasteiger partial charge in [-0.25, -0.2) is 38.7 Å². The third-order valence-electron chi connectivity index (χ3n) is 14.3. The Bertz CT molecular complexity index is 4080. The maximum absolute atomic E-state index is 13.6. The number of nitrogens with one attached hydrogen (secondary N) is 4. The third-order valence-corrected chi connectivity index (χ3v) is 14.8. The van der Waals surface area contributed by atoms with Crippen molar-refractivity contribution in [3.8, 4) is 41.1 Å². The lowest BCUT2D eigenvalue weighted by Crippen LogP contribution is -2.37. The van der Waals surface area contributed by atoms with Crippen molar-refractivity contribution in [1.29, 1.82) is 0 Å². The average Bonchev–Trinajstić information content (AvgIpc) is 0.905. The van der Waals surface area contributed by atoms with Crippen molar-refractivity contribution in [3.05, 3.63) is 155 Å². The van der Waals surface area contributed by atoms with Gasteiger partial charge in [0.1, 0.15) is 73.1 Å². The van der Waals surface area contributed by atoms with Gasteiger partial charge in [-0.1, -0.05) is 41.3 Å². The SMILES string of the molecule is C#Cc1cccc(Nc2ncnc3cc(OCCOC)c(OCCOC)cc23)c1.CN(C)C/C=C/C(=O)Nc1cc2c(Nc3ccc(F)c(Cl)c3)ncnc2cc1O[C@H]1CCOC1.COc1cc2ncnc(Nc3ccc(F)c(Cl)c3)c2cc1OCCCN1CCOCC1. The van der Waals surface area contributed by atoms with Crippen molar-refractivity contribution in [3.63, 3.8) is 0 Å². The minimum absolute atomic E-state index is 0.00436. The summed E-state index contributed by atoms with van der Waals surface area (Å²) in [6, 6.07) is 27.2. The van der Waals surface area contributed by atoms with Crippen molar-refractivity contribution >= 4 is 102 Å². The molecule has 94 heavy (non-hydrogen) atoms. The van der Waals surface area contributed by atoms with Crippen LogP contribution in [0.2, 0.25) is 10.0 Å². The van der Waals surface area contributed by atoms with Crippen molar-refractivity contribution in [2.45, 2.75) is 18.9 Å². The van der Waals surface area contributed by atoms with Crippen LogP contribution in [0.4, 0.5) is 49.0 Å². The summed E-state index contributed by atoms with van der Waals surface area (Å²) in [5.74, 6) is 5.92. The number of morpholine rings is 1. The number of methoxy groups -OCH3 is 3. The van der Waals surface area contributed by atoms with E-state index >= 15 is 0 Å². The van der Waals surface area contributed by atoms with Gasteiger partial charge < -0.3 is 68.8 Å². The van der Waals surface area contributed by atoms with Crippen molar-refractivity contribution in [1.82, 2.24) is 39.7 Å². The lowest BCUT2D eigenvalue weighted by Gasteiger charge is -2.26. The largest absolute Gasteiger partial charge is 0.493 e. The predicted molar refractivity (Wildman–Crippen MR) is 360 cm³/mol. The van der Waals surface area contributed by atoms with E-state index in [1.165, 1.54) is 49.3 Å². The van der Waals surface area contributed by atoms with Crippen LogP contribution in [0.1, 0.15) is 18.4 Å². The number of terminal acetylenes is 1. The second kappa shape index (κ2) is 35.1. The van der Waals surface area contributed by atoms with Crippen LogP contribution < -0.4 is 45.0 Å². The monoisotopic (exact) mass is 1320 g/mol. The summed E-state index contributed by atoms with van der Waals surface area (Å²) >= 11 is 11.8. The number of nitrogens with zero attached hydrogens (tertiary/aromatic N) is 8. The Morgan fingerprint density at radius 2 is 1.18 bits per heavy atom. The van der Waals surface area contributed by atoms with Crippen LogP contribution in [-0.4, -0.2) is 173 Å². The molecule has 6 aromatic carbocycles. The molecule has 0 bridgehead atoms. The highest BCUT2D eigenvalue weighted by molar-refractivity contribution is 6.31. The van der Waals surface area contributed by atoms with Crippen LogP contribution in [0.25, 0.3) is 32.7 Å². The number of carbonyl (C=O) groups is 1. The Kier molecular flexibility index (Phi) is 25.8. The number of carbonyl (C=O) groups excluding carboxylic acids is 1. The quantitative estimate of drug-likeness (QED) is 0.0224. The summed E-state index contributed by atoms with van der Waals surface area (Å²) < 4.78 is 77.3. The van der Waals surface area contributed by atoms with Crippen LogP contribution in [0, 0.1) is 24.0 Å². The van der Waals surface area contributed by atoms with Crippen LogP contribution in [-0.2, 0) is 23.7 Å². The molecule has 26 heteroatoms. The van der Waals surface area contributed by atoms with Gasteiger partial charge in [-0.3, -0.25) is 9.69 Å². The van der Waals surface area contributed by atoms with Gasteiger partial charge in [-0.05, 0) is 93.3 Å². The van der Waals surface area contributed by atoms with Gasteiger partial charge in [0.25, 0.3) is 0 Å². The van der Waals surface area contributed by atoms with E-state index in [2.05, 4.69) is 62.0 Å². The molecule has 0 radical (unpaired) electrons. The number of anilines is 7. The Hall–Kier alpha value is -9.29. The Balaban J connectivity index is 0.000000167. The average molecular weight is 1330 g/mol. The van der Waals surface area contributed by atoms with Gasteiger partial charge in [-0.2, -0.15) is 0 Å². The lowest BCUT2D eigenvalue weighted by molar-refractivity contribution is -0.112. The molecule has 9 aromatic rings. The summed E-state index contributed by atoms with van der Waals surface area (Å²) in [5.41, 5.74) is 5.32. The standard InChI is InChI=1S/C24H25ClFN5O3.C22H24ClFN4O3.C22H23N3O4/c1-31(2)8-3-4-23(32)30-21-11-17-20(12-22(21)34-16-7-9-33-13-16)27-14-28-24(17)29-15-5-6-19(26)18(25)10-15;1-29-20-13-19-16(12-21(20)31-8-2-5-28-6-9-30-10-7-28)22(26-14-25-19)27-15-3-4-18(24)17(23)11-15;1-4-16-6-5-7-17(12-16)25-22-18-13-20(28-10-8-26-2)21(29-11-9-27-3)14-19(18)23-15-24-22/h3-6,10-12,14,16H,7-9,13H2,1-2H3,(H,30,32)(H,27,28,29);3-4,11-14H,2,5-10H2,1H3,(H,25,26,27);1,5-7,12-15H,8-11H2,2-3H3,(H,23,24,25)/b4-3+;;/t16-;;/m0../s1. The Morgan fingerprint density at radius 1 is 0.649 bits per heavy atom. The molecule has 492 valence electrons. The number of hydrogen-bond acceptors (Lipinski definition) is 21. The summed E-state index contributed by atoms with van der Waals surface area (Å²) in [7, 11) is 8.69. The molecule has 2 aliphatic heterocycles. The molecule has 4 N–H and O–H groups in total. The molecule has 0 aliphatic carbocycles. The van der Waals surface area contributed by atoms with E-state index in [9.17, 15) is 13.6 Å². The molecular weight excluding hydrogens is 1250 g/mol. The topological polar surface area (TPSA) is 232 Å². The van der Waals surface area contributed by atoms with Crippen molar-refractivity contribution in [2.24, 2.45) is 0 Å². The first-order valence-electron chi connectivity index (χ1n) is 30.0. The minimum atomic E-state index is -0.509. The number of aromatic nitrogens is 6. The predicted octanol–water partition coefficient (Wildman–Crippen LogP) is 12.1. The first-order valence-corrected chi connectivity index (χ1v) is 30.7. The van der Waals surface area contributed by atoms with Gasteiger partial charge in [0.15, 0.2) is 23.0 Å². The maximum atomic E-state index is 13.6. The van der Waals surface area contributed by atoms with Crippen LogP contribution in [0.5, 0.6) is 28.7 Å². The van der Waals surface area contributed by atoms with E-state index in [-0.39, 0.29) is 22.1 Å². The normalized spacial score (nSPS) is 13.8. The molecule has 0 spiro atoms. The summed E-state index contributed by atoms with van der Waals surface area (Å²) in [4.78, 5) is 43.0. The zero-order valence-electron chi connectivity index (χ0n) is 52.6. The highest BCUT2D eigenvalue weighted by atomic mass is 35.5. The number of hydrogen-bond donors (Lipinski definition) is 4. The molecule has 1 amide bonds. The van der Waals surface area contributed by atoms with Gasteiger partial charge in [0.2, 0.25) is 5.91 Å². The summed E-state index contributed by atoms with van der Waals surface area (Å²) in [5, 5.41) is 14.7. The number of amides is 1. The molecule has 5 heterocycles. The van der Waals surface area contributed by atoms with E-state index in [1.54, 1.807) is 51.7 Å². The molecule has 3 aromatic heterocycles. The molecule has 2 saturated heterocycles. The number of halogens is 4. The molecule has 0 saturated carbocycles. The van der Waals surface area contributed by atoms with Crippen molar-refractivity contribution < 1.29 is 56.2 Å². The maximum Gasteiger partial charge on any atom is 0.248 e. The first-order chi connectivity index (χ1) is 45.8. The molecule has 0 unspecified atom stereocenters. The molecule has 1 atom stereocenters. The third kappa shape index (κ3) is 19.9. The highest BCUT2D eigenvalue weighted by Gasteiger charge is 2.22. The molecule has 2 fully saturated rings. The number of fused-ring (bicyclic) bond motifs is 3. The Morgan fingerprint density at radius 3 is 1.71 bits per heavy atom. The first kappa shape index (κ1) is 69.1. The smallest absolute Gasteiger partial charge is 0.248 e. The second-order valence-corrected chi connectivity index (χ2v) is 22.1. The van der Waals surface area contributed by atoms with Crippen molar-refractivity contribution in [2.75, 3.05) is 142 Å². The fourth-order valence-corrected chi connectivity index (χ4v) is 9.90. The number of benzene rings is 6. The zero-order valence-corrected chi connectivity index (χ0v) is 54.1. The molecule has 2 aliphatic rings. The highest BCUT2D eigenvalue weighted by Crippen LogP contribution is 2.39. The fraction of sp³-hybridized carbons (Fsp3) is 0.309. The molecule has 11 rings (SSSR count). The van der Waals surface area contributed by atoms with E-state index < -0.39 is 11.6 Å². The summed E-state index contributed by atoms with van der Waals surface area (Å²) in [6.07, 6.45) is 14.7. The zero-order chi connectivity index (χ0) is 66.2. The van der Waals surface area contributed by atoms with Gasteiger partial charge in [0.05, 0.1) is 85.6 Å². The van der Waals surface area contributed by atoms with Crippen LogP contribution >= 0.6 is 23.2 Å². The van der Waals surface area contributed by atoms with E-state index in [4.69, 9.17) is 72.3 Å². The minimum Gasteiger partial charge on any atom is -0.493 e. The number of rotatable bonds is 26. The van der Waals surface area contributed by atoms with Crippen LogP contribution in [0.15, 0.2) is 128 Å². The van der Waals surface area contributed by atoms with E-state index in [1.807, 2.05) is 67.5 Å². The van der Waals surface area contributed by atoms with Gasteiger partial charge in [-0.15, -0.1) is 6.42 Å². The van der Waals surface area contributed by atoms with Crippen LogP contribution in [0.3, 0.4) is 0 Å². The second-order valence-electron chi connectivity index (χ2n) is 21.3. The molecular formula is C68H72Cl2F2N12O10. The lowest BCUT2D eigenvalue weighted by atomic mass is 10.1. The molecule has 22 nitrogen and oxygen atoms in total. The Labute approximate surface area is 553 Å². The van der Waals surface area contributed by atoms with Gasteiger partial charge in [0, 0.05) is 110 Å². The van der Waals surface area contributed by atoms with Gasteiger partial charge >= 0.3 is 0 Å². The fourth-order valence-electron chi connectivity index (χ4n) is 9.54. The van der Waals surface area contributed by atoms with E-state index in [0.717, 1.165) is 73.2 Å². The summed E-state index contributed by atoms with van der Waals surface area (Å²) in [6.45, 7) is 8.48.